The van der Waals surface area contributed by atoms with Gasteiger partial charge in [-0.05, 0) is 6.92 Å². The summed E-state index contributed by atoms with van der Waals surface area (Å²) in [6.07, 6.45) is 4.41. The number of esters is 2. The summed E-state index contributed by atoms with van der Waals surface area (Å²) in [5, 5.41) is 0. The minimum Gasteiger partial charge on any atom is -0.466 e. The monoisotopic (exact) mass is 227 g/mol. The molecule has 0 aliphatic heterocycles. The zero-order valence-corrected chi connectivity index (χ0v) is 9.54. The Bertz CT molecular complexity index is 386. The van der Waals surface area contributed by atoms with Crippen molar-refractivity contribution in [3.8, 4) is 0 Å². The third-order valence-electron chi connectivity index (χ3n) is 1.98. The van der Waals surface area contributed by atoms with Gasteiger partial charge >= 0.3 is 11.9 Å². The van der Waals surface area contributed by atoms with E-state index in [1.54, 1.807) is 27.9 Å². The van der Waals surface area contributed by atoms with Gasteiger partial charge in [0.05, 0.1) is 14.2 Å². The summed E-state index contributed by atoms with van der Waals surface area (Å²) in [5.41, 5.74) is 0. The highest BCUT2D eigenvalue weighted by Gasteiger charge is 2.19. The molecule has 0 aliphatic carbocycles. The van der Waals surface area contributed by atoms with Crippen molar-refractivity contribution < 1.29 is 23.6 Å². The number of hydrogen-bond donors (Lipinski definition) is 0. The first-order valence-electron chi connectivity index (χ1n) is 4.81. The minimum absolute atomic E-state index is 0.0716. The van der Waals surface area contributed by atoms with Crippen molar-refractivity contribution in [3.05, 3.63) is 18.7 Å². The lowest BCUT2D eigenvalue weighted by Crippen LogP contribution is -2.38. The fourth-order valence-electron chi connectivity index (χ4n) is 1.19. The fourth-order valence-corrected chi connectivity index (χ4v) is 1.19. The highest BCUT2D eigenvalue weighted by atomic mass is 16.6. The summed E-state index contributed by atoms with van der Waals surface area (Å²) < 4.78 is 12.8. The summed E-state index contributed by atoms with van der Waals surface area (Å²) in [6.45, 7) is 1.54. The zero-order valence-electron chi connectivity index (χ0n) is 9.54. The molecule has 16 heavy (non-hydrogen) atoms. The first-order chi connectivity index (χ1) is 7.52. The van der Waals surface area contributed by atoms with Crippen LogP contribution in [0.3, 0.4) is 0 Å². The second-order valence-electron chi connectivity index (χ2n) is 3.41. The maximum Gasteiger partial charge on any atom is 0.349 e. The Morgan fingerprint density at radius 1 is 1.50 bits per heavy atom. The number of hydrogen-bond acceptors (Lipinski definition) is 4. The Morgan fingerprint density at radius 3 is 2.69 bits per heavy atom. The molecular weight excluding hydrogens is 212 g/mol. The predicted octanol–water partition coefficient (Wildman–Crippen LogP) is -0.583. The number of carbonyl (C=O) groups is 2. The van der Waals surface area contributed by atoms with E-state index in [4.69, 9.17) is 4.74 Å². The third kappa shape index (κ3) is 3.38. The van der Waals surface area contributed by atoms with Crippen LogP contribution in [0.15, 0.2) is 18.7 Å². The van der Waals surface area contributed by atoms with Crippen molar-refractivity contribution in [2.75, 3.05) is 7.11 Å². The average Bonchev–Trinajstić information content (AvgIpc) is 2.62. The summed E-state index contributed by atoms with van der Waals surface area (Å²) in [6, 6.07) is 0. The van der Waals surface area contributed by atoms with Crippen LogP contribution in [0.5, 0.6) is 0 Å². The van der Waals surface area contributed by atoms with E-state index in [0.717, 1.165) is 0 Å². The van der Waals surface area contributed by atoms with E-state index in [0.29, 0.717) is 0 Å². The molecule has 0 unspecified atom stereocenters. The summed E-state index contributed by atoms with van der Waals surface area (Å²) >= 11 is 0. The van der Waals surface area contributed by atoms with Crippen LogP contribution in [0.4, 0.5) is 0 Å². The third-order valence-corrected chi connectivity index (χ3v) is 1.98. The number of methoxy groups -OCH3 is 1. The second kappa shape index (κ2) is 5.29. The first kappa shape index (κ1) is 12.2. The Balaban J connectivity index is 2.45. The zero-order chi connectivity index (χ0) is 12.1. The van der Waals surface area contributed by atoms with Gasteiger partial charge in [-0.25, -0.2) is 18.7 Å². The Labute approximate surface area is 93.4 Å². The van der Waals surface area contributed by atoms with Crippen LogP contribution in [-0.2, 0) is 32.7 Å². The van der Waals surface area contributed by atoms with Crippen LogP contribution in [0.2, 0.25) is 0 Å². The molecule has 0 saturated heterocycles. The van der Waals surface area contributed by atoms with Crippen molar-refractivity contribution in [3.63, 3.8) is 0 Å². The molecule has 1 heterocycles. The molecule has 1 aromatic rings. The lowest BCUT2D eigenvalue weighted by Gasteiger charge is -2.09. The number of aromatic nitrogens is 2. The molecule has 6 heteroatoms. The van der Waals surface area contributed by atoms with Gasteiger partial charge in [-0.1, -0.05) is 0 Å². The molecule has 1 rings (SSSR count). The van der Waals surface area contributed by atoms with Crippen LogP contribution < -0.4 is 4.57 Å². The van der Waals surface area contributed by atoms with Crippen LogP contribution in [0.25, 0.3) is 0 Å². The van der Waals surface area contributed by atoms with Crippen molar-refractivity contribution in [2.24, 2.45) is 7.05 Å². The molecule has 0 aromatic carbocycles. The van der Waals surface area contributed by atoms with E-state index >= 15 is 0 Å². The van der Waals surface area contributed by atoms with Gasteiger partial charge in [-0.3, -0.25) is 0 Å². The fraction of sp³-hybridized carbons (Fsp3) is 0.500. The van der Waals surface area contributed by atoms with Gasteiger partial charge < -0.3 is 9.47 Å². The number of aryl methyl sites for hydroxylation is 1. The van der Waals surface area contributed by atoms with Crippen LogP contribution in [0.1, 0.15) is 6.92 Å². The van der Waals surface area contributed by atoms with Gasteiger partial charge in [-0.15, -0.1) is 0 Å². The highest BCUT2D eigenvalue weighted by molar-refractivity contribution is 5.78. The average molecular weight is 227 g/mol. The summed E-state index contributed by atoms with van der Waals surface area (Å²) in [7, 11) is 3.09. The van der Waals surface area contributed by atoms with Crippen molar-refractivity contribution in [1.82, 2.24) is 4.57 Å². The van der Waals surface area contributed by atoms with E-state index in [-0.39, 0.29) is 6.54 Å². The molecule has 1 atom stereocenters. The molecule has 0 amide bonds. The molecule has 6 nitrogen and oxygen atoms in total. The number of imidazole rings is 1. The van der Waals surface area contributed by atoms with Crippen molar-refractivity contribution >= 4 is 11.9 Å². The molecule has 0 radical (unpaired) electrons. The topological polar surface area (TPSA) is 61.4 Å². The lowest BCUT2D eigenvalue weighted by molar-refractivity contribution is -0.685. The van der Waals surface area contributed by atoms with E-state index in [2.05, 4.69) is 4.74 Å². The smallest absolute Gasteiger partial charge is 0.349 e. The predicted molar refractivity (Wildman–Crippen MR) is 53.2 cm³/mol. The van der Waals surface area contributed by atoms with Crippen molar-refractivity contribution in [1.29, 1.82) is 0 Å². The quantitative estimate of drug-likeness (QED) is 0.510. The molecular formula is C10H15N2O4+. The molecule has 0 N–H and O–H groups in total. The molecule has 1 aromatic heterocycles. The van der Waals surface area contributed by atoms with Gasteiger partial charge in [0.25, 0.3) is 0 Å². The maximum atomic E-state index is 11.4. The Hall–Kier alpha value is -1.85. The van der Waals surface area contributed by atoms with Crippen LogP contribution in [0, 0.1) is 0 Å². The Kier molecular flexibility index (Phi) is 4.04. The summed E-state index contributed by atoms with van der Waals surface area (Å²) in [4.78, 5) is 22.4. The van der Waals surface area contributed by atoms with Gasteiger partial charge in [0.15, 0.2) is 12.6 Å². The van der Waals surface area contributed by atoms with E-state index < -0.39 is 18.0 Å². The number of nitrogens with zero attached hydrogens (tertiary/aromatic N) is 2. The Morgan fingerprint density at radius 2 is 2.19 bits per heavy atom. The van der Waals surface area contributed by atoms with Gasteiger partial charge in [0.2, 0.25) is 6.33 Å². The molecule has 0 fully saturated rings. The molecule has 0 saturated carbocycles. The maximum absolute atomic E-state index is 11.4. The second-order valence-corrected chi connectivity index (χ2v) is 3.41. The largest absolute Gasteiger partial charge is 0.466 e. The van der Waals surface area contributed by atoms with E-state index in [1.807, 2.05) is 7.05 Å². The highest BCUT2D eigenvalue weighted by Crippen LogP contribution is 1.94. The number of ether oxygens (including phenoxy) is 2. The van der Waals surface area contributed by atoms with Gasteiger partial charge in [0, 0.05) is 0 Å². The molecule has 0 aliphatic rings. The number of carbonyl (C=O) groups excluding carboxylic acids is 2. The van der Waals surface area contributed by atoms with Crippen LogP contribution >= 0.6 is 0 Å². The first-order valence-corrected chi connectivity index (χ1v) is 4.81. The molecule has 0 bridgehead atoms. The van der Waals surface area contributed by atoms with E-state index in [1.165, 1.54) is 14.0 Å². The normalized spacial score (nSPS) is 11.9. The van der Waals surface area contributed by atoms with Gasteiger partial charge in [0.1, 0.15) is 12.4 Å². The van der Waals surface area contributed by atoms with Crippen molar-refractivity contribution in [2.45, 2.75) is 19.6 Å². The van der Waals surface area contributed by atoms with Gasteiger partial charge in [-0.2, -0.15) is 0 Å². The summed E-state index contributed by atoms with van der Waals surface area (Å²) in [5.74, 6) is -1.04. The standard InChI is InChI=1S/C10H15N2O4/c1-8(10(14)15-3)16-9(13)6-12-5-4-11(2)7-12/h4-5,7-8H,6H2,1-3H3/q+1/t8-/m1/s1. The molecule has 0 spiro atoms. The SMILES string of the molecule is COC(=O)[C@@H](C)OC(=O)C[n+]1ccn(C)c1. The lowest BCUT2D eigenvalue weighted by atomic mass is 10.4. The van der Waals surface area contributed by atoms with E-state index in [9.17, 15) is 9.59 Å². The number of rotatable bonds is 4. The molecule has 88 valence electrons. The van der Waals surface area contributed by atoms with Crippen LogP contribution in [-0.4, -0.2) is 29.7 Å². The minimum atomic E-state index is -0.873.